The molecule has 8 heavy (non-hydrogen) atoms. The van der Waals surface area contributed by atoms with E-state index < -0.39 is 0 Å². The monoisotopic (exact) mass is 108 g/mol. The van der Waals surface area contributed by atoms with E-state index in [9.17, 15) is 0 Å². The van der Waals surface area contributed by atoms with Gasteiger partial charge in [0.15, 0.2) is 0 Å². The summed E-state index contributed by atoms with van der Waals surface area (Å²) in [7, 11) is 5.73. The predicted octanol–water partition coefficient (Wildman–Crippen LogP) is 1.97. The van der Waals surface area contributed by atoms with E-state index in [1.54, 1.807) is 0 Å². The summed E-state index contributed by atoms with van der Waals surface area (Å²) >= 11 is 0. The van der Waals surface area contributed by atoms with Crippen LogP contribution in [-0.4, -0.2) is 14.3 Å². The van der Waals surface area contributed by atoms with Crippen LogP contribution in [0.5, 0.6) is 0 Å². The second kappa shape index (κ2) is 4.05. The maximum atomic E-state index is 5.73. The lowest BCUT2D eigenvalue weighted by atomic mass is 9.25. The van der Waals surface area contributed by atoms with Gasteiger partial charge < -0.3 is 0 Å². The summed E-state index contributed by atoms with van der Waals surface area (Å²) in [6.45, 7) is 6.94. The average molecular weight is 108 g/mol. The van der Waals surface area contributed by atoms with Crippen molar-refractivity contribution in [3.8, 4) is 0 Å². The molecule has 0 bridgehead atoms. The van der Waals surface area contributed by atoms with Crippen LogP contribution in [0.2, 0.25) is 12.1 Å². The Morgan fingerprint density at radius 1 is 1.50 bits per heavy atom. The molecule has 0 rings (SSSR count). The number of hydrogen-bond donors (Lipinski definition) is 0. The van der Waals surface area contributed by atoms with Gasteiger partial charge in [-0.3, -0.25) is 0 Å². The van der Waals surface area contributed by atoms with Gasteiger partial charge in [0.25, 0.3) is 0 Å². The van der Waals surface area contributed by atoms with Crippen molar-refractivity contribution in [2.24, 2.45) is 0 Å². The molecule has 0 saturated carbocycles. The molecule has 1 atom stereocenters. The molecule has 0 N–H and O–H groups in total. The molecule has 0 nitrogen and oxygen atoms in total. The van der Waals surface area contributed by atoms with Gasteiger partial charge in [-0.05, 0) is 0 Å². The minimum absolute atomic E-state index is 0.417. The van der Waals surface area contributed by atoms with Gasteiger partial charge in [-0.25, -0.2) is 0 Å². The molecule has 0 saturated heterocycles. The van der Waals surface area contributed by atoms with Crippen molar-refractivity contribution in [2.45, 2.75) is 39.3 Å². The van der Waals surface area contributed by atoms with Crippen LogP contribution in [0.25, 0.3) is 0 Å². The average Bonchev–Trinajstić information content (AvgIpc) is 1.84. The van der Waals surface area contributed by atoms with Crippen molar-refractivity contribution in [1.82, 2.24) is 0 Å². The Labute approximate surface area is 54.5 Å². The smallest absolute Gasteiger partial charge is 0.0843 e. The highest BCUT2D eigenvalue weighted by Gasteiger charge is 2.08. The second-order valence-electron chi connectivity index (χ2n) is 2.46. The molecular formula is C6H14B2. The normalized spacial score (nSPS) is 13.4. The molecule has 44 valence electrons. The van der Waals surface area contributed by atoms with Gasteiger partial charge in [0, 0.05) is 7.74 Å². The Kier molecular flexibility index (Phi) is 4.12. The molecule has 2 heteroatoms. The first kappa shape index (κ1) is 8.13. The minimum atomic E-state index is 0.417. The van der Waals surface area contributed by atoms with Crippen LogP contribution < -0.4 is 0 Å². The van der Waals surface area contributed by atoms with Crippen molar-refractivity contribution in [2.75, 3.05) is 0 Å². The molecule has 0 amide bonds. The fourth-order valence-corrected chi connectivity index (χ4v) is 0.705. The maximum absolute atomic E-state index is 5.73. The summed E-state index contributed by atoms with van der Waals surface area (Å²) < 4.78 is 0. The van der Waals surface area contributed by atoms with Gasteiger partial charge >= 0.3 is 0 Å². The molecule has 2 radical (unpaired) electrons. The van der Waals surface area contributed by atoms with E-state index in [1.165, 1.54) is 6.42 Å². The molecule has 0 spiro atoms. The summed E-state index contributed by atoms with van der Waals surface area (Å²) in [5, 5.41) is 0. The van der Waals surface area contributed by atoms with Crippen molar-refractivity contribution in [1.29, 1.82) is 0 Å². The third-order valence-corrected chi connectivity index (χ3v) is 1.85. The molecule has 0 aromatic heterocycles. The van der Waals surface area contributed by atoms with Crippen LogP contribution in [-0.2, 0) is 0 Å². The molecule has 0 aromatic rings. The zero-order chi connectivity index (χ0) is 6.57. The molecule has 0 fully saturated rings. The molecule has 1 unspecified atom stereocenters. The zero-order valence-electron chi connectivity index (χ0n) is 6.15. The van der Waals surface area contributed by atoms with Crippen molar-refractivity contribution in [3.63, 3.8) is 0 Å². The van der Waals surface area contributed by atoms with E-state index in [-0.39, 0.29) is 0 Å². The third kappa shape index (κ3) is 2.44. The van der Waals surface area contributed by atoms with Gasteiger partial charge in [0.2, 0.25) is 0 Å². The standard InChI is InChI=1S/C6H14B2/c1-4-6(3)8(7)5-2/h6H,4-5H2,1-3H3. The second-order valence-corrected chi connectivity index (χ2v) is 2.46. The van der Waals surface area contributed by atoms with Crippen LogP contribution in [0, 0.1) is 0 Å². The molecule has 0 aromatic carbocycles. The van der Waals surface area contributed by atoms with Gasteiger partial charge in [-0.15, -0.1) is 0 Å². The molecule has 0 aliphatic heterocycles. The van der Waals surface area contributed by atoms with Gasteiger partial charge in [-0.2, -0.15) is 0 Å². The van der Waals surface area contributed by atoms with Crippen LogP contribution in [0.3, 0.4) is 0 Å². The predicted molar refractivity (Wildman–Crippen MR) is 41.7 cm³/mol. The third-order valence-electron chi connectivity index (χ3n) is 1.85. The minimum Gasteiger partial charge on any atom is -0.0843 e. The Balaban J connectivity index is 3.29. The highest BCUT2D eigenvalue weighted by atomic mass is 13.9. The maximum Gasteiger partial charge on any atom is 0.0936 e. The molecule has 0 aliphatic rings. The van der Waals surface area contributed by atoms with E-state index in [2.05, 4.69) is 20.8 Å². The van der Waals surface area contributed by atoms with Crippen molar-refractivity contribution < 1.29 is 0 Å². The first-order chi connectivity index (χ1) is 3.72. The topological polar surface area (TPSA) is 0 Å². The van der Waals surface area contributed by atoms with E-state index in [0.717, 1.165) is 6.32 Å². The SMILES string of the molecule is [B]B(CC)C(C)CC. The zero-order valence-corrected chi connectivity index (χ0v) is 6.15. The molecule has 0 heterocycles. The quantitative estimate of drug-likeness (QED) is 0.484. The number of hydrogen-bond acceptors (Lipinski definition) is 0. The lowest BCUT2D eigenvalue weighted by Gasteiger charge is -2.11. The van der Waals surface area contributed by atoms with Gasteiger partial charge in [0.05, 0.1) is 6.60 Å². The molecule has 0 aliphatic carbocycles. The van der Waals surface area contributed by atoms with Crippen LogP contribution in [0.1, 0.15) is 27.2 Å². The van der Waals surface area contributed by atoms with Gasteiger partial charge in [-0.1, -0.05) is 39.3 Å². The molecular weight excluding hydrogens is 93.7 g/mol. The highest BCUT2D eigenvalue weighted by molar-refractivity contribution is 7.04. The summed E-state index contributed by atoms with van der Waals surface area (Å²) in [5.41, 5.74) is 0. The summed E-state index contributed by atoms with van der Waals surface area (Å²) in [6, 6.07) is 0. The Bertz CT molecular complexity index is 46.5. The van der Waals surface area contributed by atoms with Crippen LogP contribution >= 0.6 is 0 Å². The first-order valence-corrected chi connectivity index (χ1v) is 3.47. The highest BCUT2D eigenvalue weighted by Crippen LogP contribution is 2.12. The first-order valence-electron chi connectivity index (χ1n) is 3.47. The summed E-state index contributed by atoms with van der Waals surface area (Å²) in [5.74, 6) is 0.694. The Hall–Kier alpha value is 0.130. The van der Waals surface area contributed by atoms with E-state index >= 15 is 0 Å². The van der Waals surface area contributed by atoms with E-state index in [0.29, 0.717) is 12.4 Å². The summed E-state index contributed by atoms with van der Waals surface area (Å²) in [4.78, 5) is 0. The fraction of sp³-hybridized carbons (Fsp3) is 1.00. The lowest BCUT2D eigenvalue weighted by molar-refractivity contribution is 0.861. The van der Waals surface area contributed by atoms with E-state index in [4.69, 9.17) is 7.74 Å². The van der Waals surface area contributed by atoms with Crippen LogP contribution in [0.4, 0.5) is 0 Å². The van der Waals surface area contributed by atoms with Crippen molar-refractivity contribution >= 4 is 14.3 Å². The van der Waals surface area contributed by atoms with Crippen molar-refractivity contribution in [3.05, 3.63) is 0 Å². The lowest BCUT2D eigenvalue weighted by Crippen LogP contribution is -2.16. The van der Waals surface area contributed by atoms with E-state index in [1.807, 2.05) is 0 Å². The Morgan fingerprint density at radius 2 is 2.00 bits per heavy atom. The largest absolute Gasteiger partial charge is 0.0936 e. The fourth-order valence-electron chi connectivity index (χ4n) is 0.705. The Morgan fingerprint density at radius 3 is 2.12 bits per heavy atom. The van der Waals surface area contributed by atoms with Crippen LogP contribution in [0.15, 0.2) is 0 Å². The number of rotatable bonds is 3. The summed E-state index contributed by atoms with van der Waals surface area (Å²) in [6.07, 6.45) is 2.31. The van der Waals surface area contributed by atoms with Gasteiger partial charge in [0.1, 0.15) is 0 Å².